The van der Waals surface area contributed by atoms with E-state index in [-0.39, 0.29) is 11.4 Å². The highest BCUT2D eigenvalue weighted by Crippen LogP contribution is 2.14. The van der Waals surface area contributed by atoms with Gasteiger partial charge in [-0.05, 0) is 36.4 Å². The number of hydrogen-bond donors (Lipinski definition) is 1. The van der Waals surface area contributed by atoms with Crippen LogP contribution in [-0.2, 0) is 0 Å². The summed E-state index contributed by atoms with van der Waals surface area (Å²) in [5.74, 6) is -0.209. The average Bonchev–Trinajstić information content (AvgIpc) is 2.47. The lowest BCUT2D eigenvalue weighted by Gasteiger charge is -2.08. The van der Waals surface area contributed by atoms with Crippen LogP contribution in [0.5, 0.6) is 11.5 Å². The molecule has 0 aliphatic carbocycles. The van der Waals surface area contributed by atoms with E-state index in [1.807, 2.05) is 0 Å². The third kappa shape index (κ3) is 4.80. The fraction of sp³-hybridized carbons (Fsp3) is 0.188. The maximum Gasteiger partial charge on any atom is 0.335 e. The number of hydrogen-bond acceptors (Lipinski definition) is 3. The van der Waals surface area contributed by atoms with Crippen molar-refractivity contribution in [1.29, 1.82) is 0 Å². The lowest BCUT2D eigenvalue weighted by molar-refractivity contribution is 0.0697. The number of carbonyl (C=O) groups is 1. The molecular formula is C16H15FO4. The lowest BCUT2D eigenvalue weighted by Crippen LogP contribution is -2.05. The Hall–Kier alpha value is -2.56. The zero-order chi connectivity index (χ0) is 15.1. The minimum absolute atomic E-state index is 0.219. The summed E-state index contributed by atoms with van der Waals surface area (Å²) in [5.41, 5.74) is 0.219. The number of aromatic carboxylic acids is 1. The van der Waals surface area contributed by atoms with Crippen molar-refractivity contribution >= 4 is 5.97 Å². The Balaban J connectivity index is 1.69. The topological polar surface area (TPSA) is 55.8 Å². The van der Waals surface area contributed by atoms with Crippen molar-refractivity contribution in [1.82, 2.24) is 0 Å². The van der Waals surface area contributed by atoms with Crippen LogP contribution in [0.3, 0.4) is 0 Å². The molecule has 0 saturated carbocycles. The first-order chi connectivity index (χ1) is 10.1. The third-order valence-corrected chi connectivity index (χ3v) is 2.72. The standard InChI is InChI=1S/C16H15FO4/c17-13-3-1-4-15(11-13)21-10-2-9-20-14-7-5-12(6-8-14)16(18)19/h1,3-8,11H,2,9-10H2,(H,18,19). The summed E-state index contributed by atoms with van der Waals surface area (Å²) < 4.78 is 23.7. The van der Waals surface area contributed by atoms with Crippen LogP contribution in [0, 0.1) is 5.82 Å². The zero-order valence-corrected chi connectivity index (χ0v) is 11.3. The van der Waals surface area contributed by atoms with Gasteiger partial charge in [0.2, 0.25) is 0 Å². The van der Waals surface area contributed by atoms with Crippen molar-refractivity contribution in [2.24, 2.45) is 0 Å². The number of carboxylic acid groups (broad SMARTS) is 1. The number of ether oxygens (including phenoxy) is 2. The van der Waals surface area contributed by atoms with E-state index in [4.69, 9.17) is 14.6 Å². The van der Waals surface area contributed by atoms with E-state index < -0.39 is 5.97 Å². The van der Waals surface area contributed by atoms with Crippen LogP contribution in [-0.4, -0.2) is 24.3 Å². The molecule has 21 heavy (non-hydrogen) atoms. The number of benzene rings is 2. The van der Waals surface area contributed by atoms with Gasteiger partial charge in [-0.2, -0.15) is 0 Å². The molecule has 5 heteroatoms. The quantitative estimate of drug-likeness (QED) is 0.794. The molecule has 0 spiro atoms. The molecule has 0 aromatic heterocycles. The van der Waals surface area contributed by atoms with Crippen LogP contribution in [0.1, 0.15) is 16.8 Å². The van der Waals surface area contributed by atoms with Gasteiger partial charge in [0.15, 0.2) is 0 Å². The van der Waals surface area contributed by atoms with Gasteiger partial charge in [0, 0.05) is 12.5 Å². The predicted molar refractivity (Wildman–Crippen MR) is 75.4 cm³/mol. The first-order valence-electron chi connectivity index (χ1n) is 6.50. The molecule has 0 heterocycles. The van der Waals surface area contributed by atoms with Crippen LogP contribution >= 0.6 is 0 Å². The van der Waals surface area contributed by atoms with Crippen molar-refractivity contribution in [2.45, 2.75) is 6.42 Å². The molecular weight excluding hydrogens is 275 g/mol. The molecule has 0 atom stereocenters. The molecule has 2 rings (SSSR count). The first-order valence-corrected chi connectivity index (χ1v) is 6.50. The van der Waals surface area contributed by atoms with Gasteiger partial charge in [0.1, 0.15) is 17.3 Å². The molecule has 4 nitrogen and oxygen atoms in total. The van der Waals surface area contributed by atoms with Crippen molar-refractivity contribution in [3.63, 3.8) is 0 Å². The van der Waals surface area contributed by atoms with Crippen molar-refractivity contribution in [3.8, 4) is 11.5 Å². The van der Waals surface area contributed by atoms with E-state index in [1.54, 1.807) is 24.3 Å². The molecule has 2 aromatic carbocycles. The summed E-state index contributed by atoms with van der Waals surface area (Å²) in [7, 11) is 0. The molecule has 0 aliphatic heterocycles. The summed E-state index contributed by atoms with van der Waals surface area (Å²) in [6.45, 7) is 0.846. The van der Waals surface area contributed by atoms with Crippen LogP contribution in [0.4, 0.5) is 4.39 Å². The van der Waals surface area contributed by atoms with E-state index in [9.17, 15) is 9.18 Å². The van der Waals surface area contributed by atoms with E-state index in [2.05, 4.69) is 0 Å². The van der Waals surface area contributed by atoms with Gasteiger partial charge < -0.3 is 14.6 Å². The van der Waals surface area contributed by atoms with Gasteiger partial charge in [-0.1, -0.05) is 6.07 Å². The Morgan fingerprint density at radius 3 is 2.29 bits per heavy atom. The summed E-state index contributed by atoms with van der Waals surface area (Å²) in [4.78, 5) is 10.7. The van der Waals surface area contributed by atoms with Gasteiger partial charge in [0.25, 0.3) is 0 Å². The van der Waals surface area contributed by atoms with Gasteiger partial charge in [-0.15, -0.1) is 0 Å². The minimum Gasteiger partial charge on any atom is -0.493 e. The molecule has 0 saturated heterocycles. The second-order valence-electron chi connectivity index (χ2n) is 4.34. The molecule has 0 aliphatic rings. The molecule has 0 radical (unpaired) electrons. The molecule has 0 amide bonds. The number of halogens is 1. The van der Waals surface area contributed by atoms with Crippen LogP contribution < -0.4 is 9.47 Å². The predicted octanol–water partition coefficient (Wildman–Crippen LogP) is 3.37. The highest BCUT2D eigenvalue weighted by molar-refractivity contribution is 5.87. The molecule has 0 unspecified atom stereocenters. The van der Waals surface area contributed by atoms with Crippen LogP contribution in [0.25, 0.3) is 0 Å². The summed E-state index contributed by atoms with van der Waals surface area (Å²) in [6, 6.07) is 12.2. The van der Waals surface area contributed by atoms with E-state index in [1.165, 1.54) is 24.3 Å². The van der Waals surface area contributed by atoms with Gasteiger partial charge in [-0.25, -0.2) is 9.18 Å². The molecule has 0 bridgehead atoms. The SMILES string of the molecule is O=C(O)c1ccc(OCCCOc2cccc(F)c2)cc1. The summed E-state index contributed by atoms with van der Waals surface area (Å²) in [5, 5.41) is 8.77. The maximum atomic E-state index is 12.9. The smallest absolute Gasteiger partial charge is 0.335 e. The first kappa shape index (κ1) is 14.8. The minimum atomic E-state index is -0.968. The Labute approximate surface area is 121 Å². The van der Waals surface area contributed by atoms with Gasteiger partial charge in [0.05, 0.1) is 18.8 Å². The average molecular weight is 290 g/mol. The van der Waals surface area contributed by atoms with Crippen molar-refractivity contribution < 1.29 is 23.8 Å². The van der Waals surface area contributed by atoms with Crippen LogP contribution in [0.2, 0.25) is 0 Å². The van der Waals surface area contributed by atoms with Gasteiger partial charge in [-0.3, -0.25) is 0 Å². The normalized spacial score (nSPS) is 10.1. The maximum absolute atomic E-state index is 12.9. The van der Waals surface area contributed by atoms with Crippen LogP contribution in [0.15, 0.2) is 48.5 Å². The second kappa shape index (κ2) is 7.28. The Morgan fingerprint density at radius 1 is 1.00 bits per heavy atom. The molecule has 0 fully saturated rings. The Kier molecular flexibility index (Phi) is 5.15. The Bertz CT molecular complexity index is 595. The van der Waals surface area contributed by atoms with E-state index >= 15 is 0 Å². The number of rotatable bonds is 7. The highest BCUT2D eigenvalue weighted by atomic mass is 19.1. The molecule has 1 N–H and O–H groups in total. The summed E-state index contributed by atoms with van der Waals surface area (Å²) in [6.07, 6.45) is 0.636. The number of carboxylic acids is 1. The van der Waals surface area contributed by atoms with Crippen molar-refractivity contribution in [3.05, 3.63) is 59.9 Å². The fourth-order valence-corrected chi connectivity index (χ4v) is 1.69. The fourth-order valence-electron chi connectivity index (χ4n) is 1.69. The second-order valence-corrected chi connectivity index (χ2v) is 4.34. The van der Waals surface area contributed by atoms with E-state index in [0.29, 0.717) is 31.1 Å². The van der Waals surface area contributed by atoms with Crippen molar-refractivity contribution in [2.75, 3.05) is 13.2 Å². The van der Waals surface area contributed by atoms with Gasteiger partial charge >= 0.3 is 5.97 Å². The summed E-state index contributed by atoms with van der Waals surface area (Å²) >= 11 is 0. The Morgan fingerprint density at radius 2 is 1.67 bits per heavy atom. The molecule has 2 aromatic rings. The zero-order valence-electron chi connectivity index (χ0n) is 11.3. The lowest BCUT2D eigenvalue weighted by atomic mass is 10.2. The molecule has 110 valence electrons. The van der Waals surface area contributed by atoms with E-state index in [0.717, 1.165) is 0 Å². The highest BCUT2D eigenvalue weighted by Gasteiger charge is 2.02. The monoisotopic (exact) mass is 290 g/mol. The largest absolute Gasteiger partial charge is 0.493 e. The third-order valence-electron chi connectivity index (χ3n) is 2.72.